The number of hydrogen-bond acceptors (Lipinski definition) is 2. The lowest BCUT2D eigenvalue weighted by Crippen LogP contribution is -2.28. The largest absolute Gasteiger partial charge is 0.317 e. The third-order valence-electron chi connectivity index (χ3n) is 4.30. The van der Waals surface area contributed by atoms with Crippen molar-refractivity contribution in [3.8, 4) is 11.1 Å². The van der Waals surface area contributed by atoms with Crippen molar-refractivity contribution in [2.24, 2.45) is 5.92 Å². The maximum absolute atomic E-state index is 11.0. The summed E-state index contributed by atoms with van der Waals surface area (Å²) in [5.74, 6) is 0.774. The van der Waals surface area contributed by atoms with E-state index in [2.05, 4.69) is 29.6 Å². The van der Waals surface area contributed by atoms with E-state index in [0.717, 1.165) is 31.0 Å². The Bertz CT molecular complexity index is 648. The summed E-state index contributed by atoms with van der Waals surface area (Å²) in [6.45, 7) is 2.26. The van der Waals surface area contributed by atoms with Crippen LogP contribution in [0.2, 0.25) is 0 Å². The van der Waals surface area contributed by atoms with Gasteiger partial charge in [0.15, 0.2) is 11.1 Å². The van der Waals surface area contributed by atoms with Crippen LogP contribution in [0.4, 0.5) is 0 Å². The molecule has 3 nitrogen and oxygen atoms in total. The van der Waals surface area contributed by atoms with Crippen molar-refractivity contribution in [2.45, 2.75) is 24.2 Å². The van der Waals surface area contributed by atoms with Crippen LogP contribution in [0.1, 0.15) is 18.4 Å². The minimum absolute atomic E-state index is 0.439. The standard InChI is InChI=1S/C18H21NO2S/c20-22(21)18-6-4-16(5-7-18)17-3-1-2-15(13-17)12-14-8-10-19-11-9-14/h1-7,13-14,19H,8-12H2,(H,20,21). The fraction of sp³-hybridized carbons (Fsp3) is 0.333. The van der Waals surface area contributed by atoms with Crippen LogP contribution in [-0.2, 0) is 17.5 Å². The van der Waals surface area contributed by atoms with Gasteiger partial charge in [-0.1, -0.05) is 36.4 Å². The van der Waals surface area contributed by atoms with E-state index >= 15 is 0 Å². The lowest BCUT2D eigenvalue weighted by molar-refractivity contribution is 0.373. The predicted octanol–water partition coefficient (Wildman–Crippen LogP) is 3.48. The summed E-state index contributed by atoms with van der Waals surface area (Å²) >= 11 is -1.91. The lowest BCUT2D eigenvalue weighted by Gasteiger charge is -2.22. The Morgan fingerprint density at radius 3 is 2.45 bits per heavy atom. The zero-order chi connectivity index (χ0) is 15.4. The number of rotatable bonds is 4. The Morgan fingerprint density at radius 1 is 1.05 bits per heavy atom. The number of nitrogens with one attached hydrogen (secondary N) is 1. The van der Waals surface area contributed by atoms with Gasteiger partial charge in [0.2, 0.25) is 0 Å². The molecule has 2 aromatic rings. The molecule has 22 heavy (non-hydrogen) atoms. The normalized spacial score (nSPS) is 17.3. The van der Waals surface area contributed by atoms with Crippen LogP contribution in [0.5, 0.6) is 0 Å². The Hall–Kier alpha value is -1.49. The highest BCUT2D eigenvalue weighted by Gasteiger charge is 2.13. The zero-order valence-electron chi connectivity index (χ0n) is 12.5. The molecule has 0 radical (unpaired) electrons. The molecule has 0 amide bonds. The molecule has 1 heterocycles. The summed E-state index contributed by atoms with van der Waals surface area (Å²) in [7, 11) is 0. The molecule has 1 saturated heterocycles. The maximum Gasteiger partial charge on any atom is 0.186 e. The van der Waals surface area contributed by atoms with Crippen LogP contribution in [-0.4, -0.2) is 21.9 Å². The SMILES string of the molecule is O=S(O)c1ccc(-c2cccc(CC3CCNCC3)c2)cc1. The third-order valence-corrected chi connectivity index (χ3v) is 4.97. The molecule has 0 spiro atoms. The number of piperidine rings is 1. The van der Waals surface area contributed by atoms with E-state index < -0.39 is 11.1 Å². The maximum atomic E-state index is 11.0. The molecule has 0 aromatic heterocycles. The highest BCUT2D eigenvalue weighted by atomic mass is 32.2. The van der Waals surface area contributed by atoms with Gasteiger partial charge in [0.05, 0.1) is 4.90 Å². The molecule has 1 aliphatic heterocycles. The van der Waals surface area contributed by atoms with E-state index in [1.54, 1.807) is 12.1 Å². The lowest BCUT2D eigenvalue weighted by atomic mass is 9.90. The van der Waals surface area contributed by atoms with E-state index in [1.807, 2.05) is 12.1 Å². The van der Waals surface area contributed by atoms with Crippen LogP contribution in [0.25, 0.3) is 11.1 Å². The van der Waals surface area contributed by atoms with Crippen molar-refractivity contribution in [2.75, 3.05) is 13.1 Å². The molecule has 3 rings (SSSR count). The summed E-state index contributed by atoms with van der Waals surface area (Å²) in [4.78, 5) is 0.439. The topological polar surface area (TPSA) is 49.3 Å². The first kappa shape index (κ1) is 15.4. The minimum Gasteiger partial charge on any atom is -0.317 e. The molecule has 1 aliphatic rings. The number of hydrogen-bond donors (Lipinski definition) is 2. The Morgan fingerprint density at radius 2 is 1.77 bits per heavy atom. The molecule has 1 fully saturated rings. The average molecular weight is 315 g/mol. The summed E-state index contributed by atoms with van der Waals surface area (Å²) in [5.41, 5.74) is 3.63. The fourth-order valence-electron chi connectivity index (χ4n) is 3.06. The highest BCUT2D eigenvalue weighted by Crippen LogP contribution is 2.24. The van der Waals surface area contributed by atoms with Crippen LogP contribution in [0.15, 0.2) is 53.4 Å². The van der Waals surface area contributed by atoms with Crippen LogP contribution < -0.4 is 5.32 Å². The summed E-state index contributed by atoms with van der Waals surface area (Å²) in [5, 5.41) is 3.41. The van der Waals surface area contributed by atoms with Crippen LogP contribution in [0.3, 0.4) is 0 Å². The van der Waals surface area contributed by atoms with E-state index in [9.17, 15) is 4.21 Å². The molecule has 116 valence electrons. The van der Waals surface area contributed by atoms with Gasteiger partial charge in [0.25, 0.3) is 0 Å². The van der Waals surface area contributed by atoms with Crippen LogP contribution in [0, 0.1) is 5.92 Å². The Kier molecular flexibility index (Phi) is 5.03. The molecule has 4 heteroatoms. The van der Waals surface area contributed by atoms with E-state index in [1.165, 1.54) is 24.0 Å². The molecule has 0 aliphatic carbocycles. The second kappa shape index (κ2) is 7.18. The van der Waals surface area contributed by atoms with Gasteiger partial charge in [-0.25, -0.2) is 4.21 Å². The average Bonchev–Trinajstić information content (AvgIpc) is 2.56. The second-order valence-electron chi connectivity index (χ2n) is 5.87. The quantitative estimate of drug-likeness (QED) is 0.849. The first-order valence-corrected chi connectivity index (χ1v) is 8.84. The highest BCUT2D eigenvalue weighted by molar-refractivity contribution is 7.79. The van der Waals surface area contributed by atoms with Gasteiger partial charge in [-0.3, -0.25) is 0 Å². The Balaban J connectivity index is 1.76. The number of benzene rings is 2. The first-order chi connectivity index (χ1) is 10.7. The zero-order valence-corrected chi connectivity index (χ0v) is 13.3. The molecule has 0 bridgehead atoms. The molecule has 1 atom stereocenters. The van der Waals surface area contributed by atoms with E-state index in [-0.39, 0.29) is 0 Å². The van der Waals surface area contributed by atoms with Gasteiger partial charge in [-0.2, -0.15) is 0 Å². The first-order valence-electron chi connectivity index (χ1n) is 7.73. The molecule has 0 saturated carbocycles. The van der Waals surface area contributed by atoms with Gasteiger partial charge >= 0.3 is 0 Å². The minimum atomic E-state index is -1.91. The summed E-state index contributed by atoms with van der Waals surface area (Å²) < 4.78 is 20.1. The Labute approximate surface area is 134 Å². The fourth-order valence-corrected chi connectivity index (χ4v) is 3.43. The second-order valence-corrected chi connectivity index (χ2v) is 6.84. The third kappa shape index (κ3) is 3.83. The summed E-state index contributed by atoms with van der Waals surface area (Å²) in [6.07, 6.45) is 3.64. The van der Waals surface area contributed by atoms with Crippen molar-refractivity contribution in [3.63, 3.8) is 0 Å². The van der Waals surface area contributed by atoms with Gasteiger partial charge in [0, 0.05) is 0 Å². The predicted molar refractivity (Wildman–Crippen MR) is 90.2 cm³/mol. The van der Waals surface area contributed by atoms with Crippen molar-refractivity contribution in [1.29, 1.82) is 0 Å². The molecular weight excluding hydrogens is 294 g/mol. The molecule has 2 N–H and O–H groups in total. The van der Waals surface area contributed by atoms with Crippen molar-refractivity contribution >= 4 is 11.1 Å². The molecular formula is C18H21NO2S. The summed E-state index contributed by atoms with van der Waals surface area (Å²) in [6, 6.07) is 15.9. The van der Waals surface area contributed by atoms with Gasteiger partial charge in [-0.05, 0) is 67.1 Å². The van der Waals surface area contributed by atoms with Gasteiger partial charge in [-0.15, -0.1) is 0 Å². The molecule has 2 aromatic carbocycles. The van der Waals surface area contributed by atoms with E-state index in [0.29, 0.717) is 4.90 Å². The van der Waals surface area contributed by atoms with Crippen molar-refractivity contribution in [1.82, 2.24) is 5.32 Å². The monoisotopic (exact) mass is 315 g/mol. The van der Waals surface area contributed by atoms with Crippen LogP contribution >= 0.6 is 0 Å². The van der Waals surface area contributed by atoms with Gasteiger partial charge < -0.3 is 9.87 Å². The molecule has 1 unspecified atom stereocenters. The van der Waals surface area contributed by atoms with Crippen molar-refractivity contribution < 1.29 is 8.76 Å². The van der Waals surface area contributed by atoms with Crippen molar-refractivity contribution in [3.05, 3.63) is 54.1 Å². The smallest absolute Gasteiger partial charge is 0.186 e. The van der Waals surface area contributed by atoms with Gasteiger partial charge in [0.1, 0.15) is 0 Å². The van der Waals surface area contributed by atoms with E-state index in [4.69, 9.17) is 4.55 Å².